The highest BCUT2D eigenvalue weighted by atomic mass is 16.5. The number of fused-ring (bicyclic) bond motifs is 1. The van der Waals surface area contributed by atoms with Crippen LogP contribution in [-0.4, -0.2) is 52.6 Å². The van der Waals surface area contributed by atoms with Crippen molar-refractivity contribution in [1.29, 1.82) is 0 Å². The molecule has 2 bridgehead atoms. The molecule has 3 aliphatic rings. The van der Waals surface area contributed by atoms with Gasteiger partial charge in [-0.1, -0.05) is 80.6 Å². The Labute approximate surface area is 233 Å². The summed E-state index contributed by atoms with van der Waals surface area (Å²) in [5.41, 5.74) is -0.247. The van der Waals surface area contributed by atoms with E-state index in [-0.39, 0.29) is 13.2 Å². The molecule has 0 spiro atoms. The van der Waals surface area contributed by atoms with Gasteiger partial charge in [-0.2, -0.15) is 0 Å². The molecule has 3 aromatic rings. The Morgan fingerprint density at radius 1 is 0.725 bits per heavy atom. The number of aliphatic carboxylic acids is 1. The maximum Gasteiger partial charge on any atom is 0.311 e. The summed E-state index contributed by atoms with van der Waals surface area (Å²) in [5, 5.41) is 34.9. The molecular weight excluding hydrogens is 510 g/mol. The molecule has 0 aliphatic heterocycles. The zero-order valence-corrected chi connectivity index (χ0v) is 22.6. The van der Waals surface area contributed by atoms with Crippen LogP contribution in [0.1, 0.15) is 48.9 Å². The highest BCUT2D eigenvalue weighted by Crippen LogP contribution is 2.65. The number of hydrogen-bond donors (Lipinski definition) is 4. The van der Waals surface area contributed by atoms with Gasteiger partial charge in [0, 0.05) is 5.69 Å². The Hall–Kier alpha value is -3.56. The molecule has 0 saturated heterocycles. The normalized spacial score (nSPS) is 25.9. The van der Waals surface area contributed by atoms with Crippen molar-refractivity contribution in [3.8, 4) is 0 Å². The second kappa shape index (κ2) is 11.1. The molecule has 4 N–H and O–H groups in total. The van der Waals surface area contributed by atoms with Crippen LogP contribution in [0, 0.1) is 11.8 Å². The molecule has 210 valence electrons. The molecule has 6 rings (SSSR count). The van der Waals surface area contributed by atoms with Crippen molar-refractivity contribution in [2.75, 3.05) is 18.5 Å². The van der Waals surface area contributed by atoms with Gasteiger partial charge < -0.3 is 30.1 Å². The maximum atomic E-state index is 14.3. The summed E-state index contributed by atoms with van der Waals surface area (Å²) in [5.74, 6) is -4.47. The van der Waals surface area contributed by atoms with Gasteiger partial charge in [-0.15, -0.1) is 0 Å². The molecular formula is C32H35NO7. The van der Waals surface area contributed by atoms with Crippen LogP contribution < -0.4 is 5.32 Å². The Morgan fingerprint density at radius 2 is 1.12 bits per heavy atom. The predicted octanol–water partition coefficient (Wildman–Crippen LogP) is 4.03. The Bertz CT molecular complexity index is 1330. The first-order valence-corrected chi connectivity index (χ1v) is 13.7. The summed E-state index contributed by atoms with van der Waals surface area (Å²) >= 11 is 0. The third-order valence-electron chi connectivity index (χ3n) is 8.20. The first-order chi connectivity index (χ1) is 19.3. The van der Waals surface area contributed by atoms with Gasteiger partial charge >= 0.3 is 5.97 Å². The summed E-state index contributed by atoms with van der Waals surface area (Å²) in [4.78, 5) is 27.7. The minimum Gasteiger partial charge on any atom is -0.481 e. The number of aliphatic hydroxyl groups is 2. The number of carbonyl (C=O) groups excluding carboxylic acids is 1. The number of benzene rings is 3. The van der Waals surface area contributed by atoms with Crippen molar-refractivity contribution < 1.29 is 34.4 Å². The first kappa shape index (κ1) is 28.0. The van der Waals surface area contributed by atoms with E-state index in [4.69, 9.17) is 9.47 Å². The zero-order valence-electron chi connectivity index (χ0n) is 22.6. The largest absolute Gasteiger partial charge is 0.481 e. The molecule has 8 heteroatoms. The molecule has 0 saturated carbocycles. The van der Waals surface area contributed by atoms with Crippen molar-refractivity contribution >= 4 is 17.6 Å². The lowest BCUT2D eigenvalue weighted by Gasteiger charge is -2.60. The molecule has 0 aromatic heterocycles. The summed E-state index contributed by atoms with van der Waals surface area (Å²) < 4.78 is 13.2. The number of carbonyl (C=O) groups is 2. The van der Waals surface area contributed by atoms with E-state index < -0.39 is 47.1 Å². The van der Waals surface area contributed by atoms with Crippen molar-refractivity contribution in [1.82, 2.24) is 0 Å². The Morgan fingerprint density at radius 3 is 1.52 bits per heavy atom. The van der Waals surface area contributed by atoms with Crippen LogP contribution in [0.4, 0.5) is 5.69 Å². The molecule has 1 amide bonds. The Balaban J connectivity index is 1.81. The highest BCUT2D eigenvalue weighted by molar-refractivity contribution is 5.99. The quantitative estimate of drug-likeness (QED) is 0.287. The van der Waals surface area contributed by atoms with Crippen molar-refractivity contribution in [3.05, 3.63) is 101 Å². The minimum absolute atomic E-state index is 0.108. The van der Waals surface area contributed by atoms with Crippen molar-refractivity contribution in [2.45, 2.75) is 50.1 Å². The molecule has 4 unspecified atom stereocenters. The van der Waals surface area contributed by atoms with E-state index in [0.717, 1.165) is 0 Å². The van der Waals surface area contributed by atoms with Crippen LogP contribution in [0.5, 0.6) is 0 Å². The van der Waals surface area contributed by atoms with Gasteiger partial charge in [0.25, 0.3) is 0 Å². The molecule has 0 radical (unpaired) electrons. The average Bonchev–Trinajstić information content (AvgIpc) is 2.98. The number of carboxylic acids is 1. The molecule has 0 heterocycles. The molecule has 40 heavy (non-hydrogen) atoms. The standard InChI is InChI=1S/C32H35NO7/c1-3-21(34)18-39-31-23-14-8-10-16-25(23)32(40-19-22(35)4-2,26-17-11-9-15-24(26)31)28(30(37)38)27(31)29(36)33-20-12-6-5-7-13-20/h5-17,21-22,27-28,34-35H,3-4,18-19H2,1-2H3,(H,33,36)(H,37,38). The molecule has 8 nitrogen and oxygen atoms in total. The van der Waals surface area contributed by atoms with E-state index in [1.54, 1.807) is 48.5 Å². The lowest BCUT2D eigenvalue weighted by Crippen LogP contribution is -2.67. The number of ether oxygens (including phenoxy) is 2. The number of para-hydroxylation sites is 1. The second-order valence-corrected chi connectivity index (χ2v) is 10.5. The van der Waals surface area contributed by atoms with Crippen LogP contribution in [0.15, 0.2) is 78.9 Å². The maximum absolute atomic E-state index is 14.3. The molecule has 3 aliphatic carbocycles. The lowest BCUT2D eigenvalue weighted by molar-refractivity contribution is -0.204. The SMILES string of the molecule is CCC(O)COC12c3ccccc3C(OCC(O)CC)(c3ccccc31)C(C(=O)Nc1ccccc1)C2C(=O)O. The monoisotopic (exact) mass is 545 g/mol. The van der Waals surface area contributed by atoms with Crippen LogP contribution >= 0.6 is 0 Å². The van der Waals surface area contributed by atoms with Crippen molar-refractivity contribution in [3.63, 3.8) is 0 Å². The smallest absolute Gasteiger partial charge is 0.311 e. The average molecular weight is 546 g/mol. The van der Waals surface area contributed by atoms with Gasteiger partial charge in [-0.3, -0.25) is 9.59 Å². The third kappa shape index (κ3) is 4.32. The molecule has 0 fully saturated rings. The number of amides is 1. The molecule has 3 aromatic carbocycles. The highest BCUT2D eigenvalue weighted by Gasteiger charge is 2.71. The van der Waals surface area contributed by atoms with Crippen molar-refractivity contribution in [2.24, 2.45) is 11.8 Å². The van der Waals surface area contributed by atoms with E-state index in [1.165, 1.54) is 0 Å². The topological polar surface area (TPSA) is 125 Å². The zero-order chi connectivity index (χ0) is 28.5. The van der Waals surface area contributed by atoms with Gasteiger partial charge in [-0.05, 0) is 47.2 Å². The number of aliphatic hydroxyl groups excluding tert-OH is 2. The van der Waals surface area contributed by atoms with E-state index in [9.17, 15) is 24.9 Å². The van der Waals surface area contributed by atoms with Crippen LogP contribution in [-0.2, 0) is 30.3 Å². The number of anilines is 1. The van der Waals surface area contributed by atoms with E-state index >= 15 is 0 Å². The van der Waals surface area contributed by atoms with Gasteiger partial charge in [0.05, 0.1) is 31.3 Å². The van der Waals surface area contributed by atoms with Crippen LogP contribution in [0.2, 0.25) is 0 Å². The number of rotatable bonds is 11. The van der Waals surface area contributed by atoms with Crippen LogP contribution in [0.25, 0.3) is 0 Å². The second-order valence-electron chi connectivity index (χ2n) is 10.5. The fourth-order valence-corrected chi connectivity index (χ4v) is 6.27. The number of hydrogen-bond acceptors (Lipinski definition) is 6. The first-order valence-electron chi connectivity index (χ1n) is 13.7. The minimum atomic E-state index is -1.58. The summed E-state index contributed by atoms with van der Waals surface area (Å²) in [6.45, 7) is 3.41. The van der Waals surface area contributed by atoms with Gasteiger partial charge in [0.15, 0.2) is 0 Å². The fourth-order valence-electron chi connectivity index (χ4n) is 6.27. The van der Waals surface area contributed by atoms with Crippen LogP contribution in [0.3, 0.4) is 0 Å². The molecule has 4 atom stereocenters. The third-order valence-corrected chi connectivity index (χ3v) is 8.20. The summed E-state index contributed by atoms with van der Waals surface area (Å²) in [6.07, 6.45) is -0.814. The van der Waals surface area contributed by atoms with E-state index in [1.807, 2.05) is 44.2 Å². The predicted molar refractivity (Wildman–Crippen MR) is 149 cm³/mol. The van der Waals surface area contributed by atoms with Gasteiger partial charge in [-0.25, -0.2) is 0 Å². The van der Waals surface area contributed by atoms with Gasteiger partial charge in [0.1, 0.15) is 17.1 Å². The summed E-state index contributed by atoms with van der Waals surface area (Å²) in [7, 11) is 0. The lowest BCUT2D eigenvalue weighted by atomic mass is 9.49. The van der Waals surface area contributed by atoms with Gasteiger partial charge in [0.2, 0.25) is 5.91 Å². The van der Waals surface area contributed by atoms with E-state index in [0.29, 0.717) is 40.8 Å². The number of nitrogens with one attached hydrogen (secondary N) is 1. The fraction of sp³-hybridized carbons (Fsp3) is 0.375. The summed E-state index contributed by atoms with van der Waals surface area (Å²) in [6, 6.07) is 23.4. The number of carboxylic acid groups (broad SMARTS) is 1. The van der Waals surface area contributed by atoms with E-state index in [2.05, 4.69) is 5.32 Å². The Kier molecular flexibility index (Phi) is 7.79.